The van der Waals surface area contributed by atoms with Gasteiger partial charge in [0.25, 0.3) is 0 Å². The zero-order valence-corrected chi connectivity index (χ0v) is 4.94. The molecule has 1 aliphatic rings. The largest absolute Gasteiger partial charge is 0.384 e. The minimum absolute atomic E-state index is 0.926. The molecule has 0 atom stereocenters. The van der Waals surface area contributed by atoms with Crippen LogP contribution in [0.15, 0.2) is 24.2 Å². The first-order valence-corrected chi connectivity index (χ1v) is 2.71. The van der Waals surface area contributed by atoms with Gasteiger partial charge in [-0.2, -0.15) is 0 Å². The fraction of sp³-hybridized carbons (Fsp3) is 0.333. The summed E-state index contributed by atoms with van der Waals surface area (Å²) in [5, 5.41) is 6.15. The smallest absolute Gasteiger partial charge is 0.0345 e. The van der Waals surface area contributed by atoms with Gasteiger partial charge in [-0.3, -0.25) is 0 Å². The van der Waals surface area contributed by atoms with Crippen LogP contribution in [-0.4, -0.2) is 6.54 Å². The molecule has 44 valence electrons. The van der Waals surface area contributed by atoms with E-state index in [4.69, 9.17) is 0 Å². The maximum absolute atomic E-state index is 3.16. The molecule has 1 aliphatic heterocycles. The Balaban J connectivity index is 2.48. The zero-order valence-electron chi connectivity index (χ0n) is 4.94. The molecule has 0 aromatic heterocycles. The van der Waals surface area contributed by atoms with Crippen LogP contribution >= 0.6 is 0 Å². The van der Waals surface area contributed by atoms with Gasteiger partial charge >= 0.3 is 0 Å². The van der Waals surface area contributed by atoms with Crippen molar-refractivity contribution < 1.29 is 0 Å². The molecule has 0 unspecified atom stereocenters. The van der Waals surface area contributed by atoms with Crippen molar-refractivity contribution in [2.45, 2.75) is 6.92 Å². The van der Waals surface area contributed by atoms with Gasteiger partial charge in [0.2, 0.25) is 0 Å². The monoisotopic (exact) mass is 110 g/mol. The highest BCUT2D eigenvalue weighted by molar-refractivity contribution is 5.02. The number of hydrogen-bond donors (Lipinski definition) is 2. The van der Waals surface area contributed by atoms with E-state index in [1.807, 2.05) is 25.4 Å². The summed E-state index contributed by atoms with van der Waals surface area (Å²) in [6.45, 7) is 2.95. The van der Waals surface area contributed by atoms with Crippen LogP contribution in [0.1, 0.15) is 6.92 Å². The van der Waals surface area contributed by atoms with Gasteiger partial charge in [-0.05, 0) is 19.2 Å². The van der Waals surface area contributed by atoms with E-state index in [0.717, 1.165) is 6.54 Å². The average molecular weight is 110 g/mol. The molecular formula is C6H10N2. The van der Waals surface area contributed by atoms with Crippen molar-refractivity contribution in [1.29, 1.82) is 0 Å². The predicted octanol–water partition coefficient (Wildman–Crippen LogP) is 0.554. The number of rotatable bonds is 0. The zero-order chi connectivity index (χ0) is 5.82. The molecule has 0 aromatic rings. The number of allylic oxidation sites excluding steroid dienone is 1. The molecule has 8 heavy (non-hydrogen) atoms. The van der Waals surface area contributed by atoms with E-state index in [1.165, 1.54) is 5.70 Å². The van der Waals surface area contributed by atoms with Crippen LogP contribution < -0.4 is 10.6 Å². The molecule has 0 saturated carbocycles. The van der Waals surface area contributed by atoms with Gasteiger partial charge in [0.1, 0.15) is 0 Å². The summed E-state index contributed by atoms with van der Waals surface area (Å²) in [6.07, 6.45) is 5.89. The highest BCUT2D eigenvalue weighted by Gasteiger charge is 1.85. The van der Waals surface area contributed by atoms with Crippen LogP contribution in [0.4, 0.5) is 0 Å². The Hall–Kier alpha value is -0.920. The number of hydrogen-bond acceptors (Lipinski definition) is 2. The maximum Gasteiger partial charge on any atom is 0.0345 e. The topological polar surface area (TPSA) is 24.1 Å². The Kier molecular flexibility index (Phi) is 1.57. The molecule has 2 N–H and O–H groups in total. The van der Waals surface area contributed by atoms with Crippen molar-refractivity contribution >= 4 is 0 Å². The molecule has 0 fully saturated rings. The lowest BCUT2D eigenvalue weighted by atomic mass is 10.5. The lowest BCUT2D eigenvalue weighted by molar-refractivity contribution is 0.906. The Morgan fingerprint density at radius 3 is 3.38 bits per heavy atom. The molecule has 0 spiro atoms. The molecule has 0 aromatic carbocycles. The number of nitrogens with one attached hydrogen (secondary N) is 2. The van der Waals surface area contributed by atoms with E-state index in [1.54, 1.807) is 0 Å². The predicted molar refractivity (Wildman–Crippen MR) is 34.0 cm³/mol. The van der Waals surface area contributed by atoms with Crippen molar-refractivity contribution in [3.8, 4) is 0 Å². The van der Waals surface area contributed by atoms with Crippen molar-refractivity contribution in [1.82, 2.24) is 10.6 Å². The molecule has 0 bridgehead atoms. The van der Waals surface area contributed by atoms with Crippen LogP contribution in [0.5, 0.6) is 0 Å². The summed E-state index contributed by atoms with van der Waals surface area (Å²) < 4.78 is 0. The molecule has 1 rings (SSSR count). The van der Waals surface area contributed by atoms with Crippen molar-refractivity contribution in [2.24, 2.45) is 0 Å². The summed E-state index contributed by atoms with van der Waals surface area (Å²) in [5.74, 6) is 0. The van der Waals surface area contributed by atoms with E-state index in [9.17, 15) is 0 Å². The maximum atomic E-state index is 3.16. The first-order valence-electron chi connectivity index (χ1n) is 2.71. The Morgan fingerprint density at radius 1 is 1.62 bits per heavy atom. The first kappa shape index (κ1) is 5.22. The summed E-state index contributed by atoms with van der Waals surface area (Å²) >= 11 is 0. The summed E-state index contributed by atoms with van der Waals surface area (Å²) in [7, 11) is 0. The highest BCUT2D eigenvalue weighted by Crippen LogP contribution is 1.85. The van der Waals surface area contributed by atoms with Gasteiger partial charge in [-0.25, -0.2) is 0 Å². The highest BCUT2D eigenvalue weighted by atomic mass is 14.9. The van der Waals surface area contributed by atoms with Crippen LogP contribution in [0.3, 0.4) is 0 Å². The summed E-state index contributed by atoms with van der Waals surface area (Å²) in [5.41, 5.74) is 1.18. The fourth-order valence-electron chi connectivity index (χ4n) is 0.571. The van der Waals surface area contributed by atoms with E-state index in [-0.39, 0.29) is 0 Å². The molecule has 2 nitrogen and oxygen atoms in total. The fourth-order valence-corrected chi connectivity index (χ4v) is 0.571. The second kappa shape index (κ2) is 2.40. The molecular weight excluding hydrogens is 100 g/mol. The Bertz CT molecular complexity index is 124. The van der Waals surface area contributed by atoms with Gasteiger partial charge in [0.05, 0.1) is 0 Å². The average Bonchev–Trinajstić information content (AvgIpc) is 1.94. The van der Waals surface area contributed by atoms with Crippen molar-refractivity contribution in [3.05, 3.63) is 24.2 Å². The van der Waals surface area contributed by atoms with E-state index in [0.29, 0.717) is 0 Å². The van der Waals surface area contributed by atoms with E-state index >= 15 is 0 Å². The minimum Gasteiger partial charge on any atom is -0.384 e. The second-order valence-electron chi connectivity index (χ2n) is 1.78. The van der Waals surface area contributed by atoms with Crippen LogP contribution in [0, 0.1) is 0 Å². The van der Waals surface area contributed by atoms with Crippen molar-refractivity contribution in [2.75, 3.05) is 6.54 Å². The summed E-state index contributed by atoms with van der Waals surface area (Å²) in [6, 6.07) is 0. The van der Waals surface area contributed by atoms with Crippen LogP contribution in [0.25, 0.3) is 0 Å². The van der Waals surface area contributed by atoms with E-state index < -0.39 is 0 Å². The molecule has 0 saturated heterocycles. The SMILES string of the molecule is CC1=CNC=CCN1. The lowest BCUT2D eigenvalue weighted by Gasteiger charge is -1.97. The standard InChI is InChI=1S/C6H10N2/c1-6-5-7-3-2-4-8-6/h2-3,5,7-8H,4H2,1H3. The second-order valence-corrected chi connectivity index (χ2v) is 1.78. The summed E-state index contributed by atoms with van der Waals surface area (Å²) in [4.78, 5) is 0. The third kappa shape index (κ3) is 1.30. The van der Waals surface area contributed by atoms with Gasteiger partial charge in [-0.1, -0.05) is 0 Å². The van der Waals surface area contributed by atoms with Gasteiger partial charge in [-0.15, -0.1) is 0 Å². The Morgan fingerprint density at radius 2 is 2.50 bits per heavy atom. The molecule has 0 aliphatic carbocycles. The molecule has 2 heteroatoms. The van der Waals surface area contributed by atoms with E-state index in [2.05, 4.69) is 10.6 Å². The molecule has 0 radical (unpaired) electrons. The van der Waals surface area contributed by atoms with Crippen molar-refractivity contribution in [3.63, 3.8) is 0 Å². The Labute approximate surface area is 49.3 Å². The molecule has 1 heterocycles. The lowest BCUT2D eigenvalue weighted by Crippen LogP contribution is -2.09. The van der Waals surface area contributed by atoms with Crippen LogP contribution in [-0.2, 0) is 0 Å². The van der Waals surface area contributed by atoms with Gasteiger partial charge in [0, 0.05) is 18.4 Å². The minimum atomic E-state index is 0.926. The van der Waals surface area contributed by atoms with Crippen LogP contribution in [0.2, 0.25) is 0 Å². The first-order chi connectivity index (χ1) is 3.89. The third-order valence-corrected chi connectivity index (χ3v) is 1.01. The molecule has 0 amide bonds. The van der Waals surface area contributed by atoms with Gasteiger partial charge < -0.3 is 10.6 Å². The quantitative estimate of drug-likeness (QED) is 0.476. The normalized spacial score (nSPS) is 17.9. The third-order valence-electron chi connectivity index (χ3n) is 1.01. The van der Waals surface area contributed by atoms with Gasteiger partial charge in [0.15, 0.2) is 0 Å².